The van der Waals surface area contributed by atoms with Gasteiger partial charge in [0.15, 0.2) is 11.6 Å². The summed E-state index contributed by atoms with van der Waals surface area (Å²) in [5.41, 5.74) is 8.15. The molecular formula is C23H22FN7O2. The number of rotatable bonds is 6. The molecule has 1 aliphatic rings. The number of nitrogens with two attached hydrogens (primary N) is 1. The zero-order valence-corrected chi connectivity index (χ0v) is 18.0. The summed E-state index contributed by atoms with van der Waals surface area (Å²) in [4.78, 5) is 21.2. The number of amides is 1. The lowest BCUT2D eigenvalue weighted by Gasteiger charge is -2.36. The fourth-order valence-electron chi connectivity index (χ4n) is 3.81. The van der Waals surface area contributed by atoms with E-state index in [9.17, 15) is 9.18 Å². The van der Waals surface area contributed by atoms with Gasteiger partial charge in [-0.2, -0.15) is 5.10 Å². The molecule has 0 radical (unpaired) electrons. The molecule has 33 heavy (non-hydrogen) atoms. The summed E-state index contributed by atoms with van der Waals surface area (Å²) in [5, 5.41) is 11.4. The minimum Gasteiger partial charge on any atom is -0.382 e. The molecular weight excluding hydrogens is 425 g/mol. The average Bonchev–Trinajstić information content (AvgIpc) is 3.45. The van der Waals surface area contributed by atoms with Crippen LogP contribution in [0, 0.1) is 11.2 Å². The van der Waals surface area contributed by atoms with Crippen LogP contribution in [0.3, 0.4) is 0 Å². The lowest BCUT2D eigenvalue weighted by atomic mass is 9.70. The van der Waals surface area contributed by atoms with E-state index in [1.165, 1.54) is 18.5 Å². The molecule has 0 aliphatic heterocycles. The lowest BCUT2D eigenvalue weighted by Crippen LogP contribution is -2.39. The van der Waals surface area contributed by atoms with Crippen LogP contribution in [-0.2, 0) is 11.3 Å². The van der Waals surface area contributed by atoms with Crippen molar-refractivity contribution >= 4 is 17.4 Å². The van der Waals surface area contributed by atoms with Gasteiger partial charge in [0.2, 0.25) is 5.91 Å². The molecule has 1 amide bonds. The normalized spacial score (nSPS) is 14.6. The number of halogens is 1. The minimum absolute atomic E-state index is 0.0840. The summed E-state index contributed by atoms with van der Waals surface area (Å²) in [6.45, 7) is 2.11. The number of anilines is 2. The maximum Gasteiger partial charge on any atom is 0.230 e. The van der Waals surface area contributed by atoms with Crippen molar-refractivity contribution in [3.05, 3.63) is 60.2 Å². The van der Waals surface area contributed by atoms with E-state index in [4.69, 9.17) is 10.3 Å². The predicted molar refractivity (Wildman–Crippen MR) is 119 cm³/mol. The van der Waals surface area contributed by atoms with Crippen molar-refractivity contribution in [1.29, 1.82) is 0 Å². The highest BCUT2D eigenvalue weighted by molar-refractivity contribution is 5.97. The summed E-state index contributed by atoms with van der Waals surface area (Å²) in [6, 6.07) is 9.91. The second kappa shape index (κ2) is 8.12. The van der Waals surface area contributed by atoms with Crippen molar-refractivity contribution in [3.8, 4) is 22.9 Å². The van der Waals surface area contributed by atoms with E-state index in [2.05, 4.69) is 25.5 Å². The minimum atomic E-state index is -0.372. The van der Waals surface area contributed by atoms with E-state index >= 15 is 0 Å². The van der Waals surface area contributed by atoms with Gasteiger partial charge in [0, 0.05) is 17.0 Å². The molecule has 0 bridgehead atoms. The Bertz CT molecular complexity index is 1310. The first kappa shape index (κ1) is 20.8. The maximum atomic E-state index is 14.2. The third-order valence-corrected chi connectivity index (χ3v) is 6.06. The molecule has 1 saturated carbocycles. The summed E-state index contributed by atoms with van der Waals surface area (Å²) >= 11 is 0. The number of nitrogens with zero attached hydrogens (tertiary/aromatic N) is 5. The molecule has 3 heterocycles. The SMILES string of the molecule is CC1(C(=O)Nc2cnc(-c3cc(-c4ccon4)n(Cc4ccccc4F)n3)nc2N)CCC1. The van der Waals surface area contributed by atoms with Gasteiger partial charge in [-0.15, -0.1) is 0 Å². The highest BCUT2D eigenvalue weighted by Crippen LogP contribution is 2.41. The molecule has 9 nitrogen and oxygen atoms in total. The largest absolute Gasteiger partial charge is 0.382 e. The molecule has 5 rings (SSSR count). The summed E-state index contributed by atoms with van der Waals surface area (Å²) < 4.78 is 20.8. The molecule has 1 aromatic carbocycles. The number of hydrogen-bond donors (Lipinski definition) is 2. The van der Waals surface area contributed by atoms with Gasteiger partial charge >= 0.3 is 0 Å². The molecule has 3 N–H and O–H groups in total. The van der Waals surface area contributed by atoms with Gasteiger partial charge in [-0.1, -0.05) is 36.7 Å². The standard InChI is InChI=1S/C23H22FN7O2/c1-23(8-4-9-23)22(32)27-18-12-26-21(28-20(18)25)17-11-19(16-7-10-33-30-16)31(29-17)13-14-5-2-3-6-15(14)24/h2-3,5-7,10-12H,4,8-9,13H2,1H3,(H,27,32)(H2,25,26,28). The van der Waals surface area contributed by atoms with Crippen molar-refractivity contribution in [1.82, 2.24) is 24.9 Å². The molecule has 0 unspecified atom stereocenters. The van der Waals surface area contributed by atoms with Gasteiger partial charge in [-0.25, -0.2) is 14.4 Å². The summed E-state index contributed by atoms with van der Waals surface area (Å²) in [7, 11) is 0. The zero-order chi connectivity index (χ0) is 23.0. The number of hydrogen-bond acceptors (Lipinski definition) is 7. The number of carbonyl (C=O) groups excluding carboxylic acids is 1. The van der Waals surface area contributed by atoms with Gasteiger partial charge in [-0.05, 0) is 25.0 Å². The Morgan fingerprint density at radius 2 is 2.09 bits per heavy atom. The number of nitrogens with one attached hydrogen (secondary N) is 1. The van der Waals surface area contributed by atoms with E-state index in [1.54, 1.807) is 35.0 Å². The molecule has 1 fully saturated rings. The van der Waals surface area contributed by atoms with Crippen molar-refractivity contribution < 1.29 is 13.7 Å². The molecule has 1 aliphatic carbocycles. The Kier molecular flexibility index (Phi) is 5.12. The van der Waals surface area contributed by atoms with Gasteiger partial charge in [-0.3, -0.25) is 9.48 Å². The topological polar surface area (TPSA) is 125 Å². The highest BCUT2D eigenvalue weighted by Gasteiger charge is 2.39. The van der Waals surface area contributed by atoms with E-state index in [-0.39, 0.29) is 35.3 Å². The van der Waals surface area contributed by atoms with E-state index in [1.807, 2.05) is 6.92 Å². The first-order valence-corrected chi connectivity index (χ1v) is 10.6. The Morgan fingerprint density at radius 3 is 2.76 bits per heavy atom. The quantitative estimate of drug-likeness (QED) is 0.459. The number of aromatic nitrogens is 5. The Balaban J connectivity index is 1.46. The van der Waals surface area contributed by atoms with Crippen LogP contribution < -0.4 is 11.1 Å². The monoisotopic (exact) mass is 447 g/mol. The second-order valence-corrected chi connectivity index (χ2v) is 8.41. The third kappa shape index (κ3) is 3.95. The van der Waals surface area contributed by atoms with Crippen LogP contribution in [0.5, 0.6) is 0 Å². The molecule has 0 atom stereocenters. The molecule has 168 valence electrons. The molecule has 4 aromatic rings. The molecule has 3 aromatic heterocycles. The van der Waals surface area contributed by atoms with Crippen LogP contribution in [-0.4, -0.2) is 30.8 Å². The van der Waals surface area contributed by atoms with Crippen LogP contribution >= 0.6 is 0 Å². The van der Waals surface area contributed by atoms with E-state index in [0.29, 0.717) is 28.3 Å². The summed E-state index contributed by atoms with van der Waals surface area (Å²) in [6.07, 6.45) is 5.66. The first-order valence-electron chi connectivity index (χ1n) is 10.6. The fourth-order valence-corrected chi connectivity index (χ4v) is 3.81. The Labute approximate surface area is 188 Å². The van der Waals surface area contributed by atoms with E-state index < -0.39 is 0 Å². The van der Waals surface area contributed by atoms with Gasteiger partial charge in [0.05, 0.1) is 18.4 Å². The number of nitrogen functional groups attached to an aromatic ring is 1. The van der Waals surface area contributed by atoms with Crippen LogP contribution in [0.2, 0.25) is 0 Å². The van der Waals surface area contributed by atoms with Gasteiger partial charge < -0.3 is 15.6 Å². The summed E-state index contributed by atoms with van der Waals surface area (Å²) in [5.74, 6) is 0.000908. The number of benzene rings is 1. The van der Waals surface area contributed by atoms with Crippen LogP contribution in [0.15, 0.2) is 53.4 Å². The molecule has 10 heteroatoms. The molecule has 0 saturated heterocycles. The van der Waals surface area contributed by atoms with Crippen LogP contribution in [0.1, 0.15) is 31.7 Å². The molecule has 0 spiro atoms. The van der Waals surface area contributed by atoms with Crippen molar-refractivity contribution in [2.24, 2.45) is 5.41 Å². The van der Waals surface area contributed by atoms with Gasteiger partial charge in [0.25, 0.3) is 0 Å². The smallest absolute Gasteiger partial charge is 0.230 e. The fraction of sp³-hybridized carbons (Fsp3) is 0.261. The predicted octanol–water partition coefficient (Wildman–Crippen LogP) is 3.89. The van der Waals surface area contributed by atoms with Crippen molar-refractivity contribution in [3.63, 3.8) is 0 Å². The lowest BCUT2D eigenvalue weighted by molar-refractivity contribution is -0.128. The van der Waals surface area contributed by atoms with Crippen LogP contribution in [0.25, 0.3) is 22.9 Å². The van der Waals surface area contributed by atoms with Crippen molar-refractivity contribution in [2.45, 2.75) is 32.7 Å². The average molecular weight is 447 g/mol. The maximum absolute atomic E-state index is 14.2. The first-order chi connectivity index (χ1) is 15.9. The third-order valence-electron chi connectivity index (χ3n) is 6.06. The zero-order valence-electron chi connectivity index (χ0n) is 18.0. The number of carbonyl (C=O) groups is 1. The van der Waals surface area contributed by atoms with Crippen molar-refractivity contribution in [2.75, 3.05) is 11.1 Å². The highest BCUT2D eigenvalue weighted by atomic mass is 19.1. The Morgan fingerprint density at radius 1 is 1.27 bits per heavy atom. The van der Waals surface area contributed by atoms with E-state index in [0.717, 1.165) is 19.3 Å². The van der Waals surface area contributed by atoms with Gasteiger partial charge in [0.1, 0.15) is 29.2 Å². The second-order valence-electron chi connectivity index (χ2n) is 8.41. The Hall–Kier alpha value is -4.08. The van der Waals surface area contributed by atoms with Crippen LogP contribution in [0.4, 0.5) is 15.9 Å².